The highest BCUT2D eigenvalue weighted by molar-refractivity contribution is 5.39. The third-order valence-electron chi connectivity index (χ3n) is 2.37. The SMILES string of the molecule is N#Cc1ccc(NCc2ccc(OC(F)F)cn2)nc1. The first-order valence-corrected chi connectivity index (χ1v) is 5.67. The lowest BCUT2D eigenvalue weighted by Crippen LogP contribution is -2.05. The first-order valence-electron chi connectivity index (χ1n) is 5.67. The third kappa shape index (κ3) is 3.88. The Labute approximate surface area is 113 Å². The van der Waals surface area contributed by atoms with E-state index in [0.717, 1.165) is 0 Å². The van der Waals surface area contributed by atoms with Crippen molar-refractivity contribution in [3.8, 4) is 11.8 Å². The van der Waals surface area contributed by atoms with E-state index in [1.54, 1.807) is 18.2 Å². The molecule has 0 amide bonds. The number of ether oxygens (including phenoxy) is 1. The van der Waals surface area contributed by atoms with Gasteiger partial charge in [0, 0.05) is 6.20 Å². The van der Waals surface area contributed by atoms with Crippen molar-refractivity contribution in [1.29, 1.82) is 5.26 Å². The summed E-state index contributed by atoms with van der Waals surface area (Å²) >= 11 is 0. The van der Waals surface area contributed by atoms with Crippen molar-refractivity contribution in [2.24, 2.45) is 0 Å². The Balaban J connectivity index is 1.91. The first kappa shape index (κ1) is 13.7. The highest BCUT2D eigenvalue weighted by Crippen LogP contribution is 2.13. The van der Waals surface area contributed by atoms with E-state index in [1.165, 1.54) is 18.5 Å². The number of halogens is 2. The topological polar surface area (TPSA) is 70.8 Å². The molecule has 20 heavy (non-hydrogen) atoms. The van der Waals surface area contributed by atoms with Crippen LogP contribution < -0.4 is 10.1 Å². The molecule has 2 aromatic rings. The van der Waals surface area contributed by atoms with Gasteiger partial charge in [0.25, 0.3) is 0 Å². The van der Waals surface area contributed by atoms with Crippen molar-refractivity contribution < 1.29 is 13.5 Å². The molecule has 0 aliphatic carbocycles. The molecule has 0 aliphatic heterocycles. The fourth-order valence-electron chi connectivity index (χ4n) is 1.43. The van der Waals surface area contributed by atoms with Crippen molar-refractivity contribution in [3.63, 3.8) is 0 Å². The molecule has 0 spiro atoms. The molecule has 102 valence electrons. The lowest BCUT2D eigenvalue weighted by Gasteiger charge is -2.06. The van der Waals surface area contributed by atoms with Gasteiger partial charge in [0.05, 0.1) is 24.0 Å². The van der Waals surface area contributed by atoms with E-state index in [1.807, 2.05) is 6.07 Å². The predicted molar refractivity (Wildman–Crippen MR) is 67.1 cm³/mol. The van der Waals surface area contributed by atoms with Crippen LogP contribution in [0.4, 0.5) is 14.6 Å². The number of nitrogens with one attached hydrogen (secondary N) is 1. The summed E-state index contributed by atoms with van der Waals surface area (Å²) in [6.45, 7) is -2.47. The van der Waals surface area contributed by atoms with Gasteiger partial charge < -0.3 is 10.1 Å². The minimum Gasteiger partial charge on any atom is -0.433 e. The minimum absolute atomic E-state index is 0.0141. The van der Waals surface area contributed by atoms with Gasteiger partial charge in [-0.3, -0.25) is 4.98 Å². The van der Waals surface area contributed by atoms with Crippen LogP contribution in [0.3, 0.4) is 0 Å². The maximum absolute atomic E-state index is 12.0. The van der Waals surface area contributed by atoms with Gasteiger partial charge in [-0.25, -0.2) is 4.98 Å². The molecular formula is C13H10F2N4O. The molecule has 2 rings (SSSR count). The number of nitrogens with zero attached hydrogens (tertiary/aromatic N) is 3. The second-order valence-corrected chi connectivity index (χ2v) is 3.76. The van der Waals surface area contributed by atoms with Gasteiger partial charge in [0.2, 0.25) is 0 Å². The number of alkyl halides is 2. The Morgan fingerprint density at radius 2 is 2.05 bits per heavy atom. The van der Waals surface area contributed by atoms with Crippen LogP contribution in [0.25, 0.3) is 0 Å². The van der Waals surface area contributed by atoms with Gasteiger partial charge in [-0.1, -0.05) is 0 Å². The van der Waals surface area contributed by atoms with Crippen molar-refractivity contribution in [1.82, 2.24) is 9.97 Å². The molecule has 5 nitrogen and oxygen atoms in total. The van der Waals surface area contributed by atoms with Crippen molar-refractivity contribution in [3.05, 3.63) is 47.9 Å². The van der Waals surface area contributed by atoms with E-state index in [-0.39, 0.29) is 5.75 Å². The Bertz CT molecular complexity index is 593. The molecule has 0 bridgehead atoms. The molecule has 2 heterocycles. The van der Waals surface area contributed by atoms with Crippen LogP contribution in [0.2, 0.25) is 0 Å². The van der Waals surface area contributed by atoms with Crippen molar-refractivity contribution >= 4 is 5.82 Å². The Morgan fingerprint density at radius 1 is 1.20 bits per heavy atom. The smallest absolute Gasteiger partial charge is 0.387 e. The number of hydrogen-bond donors (Lipinski definition) is 1. The summed E-state index contributed by atoms with van der Waals surface area (Å²) in [6.07, 6.45) is 2.69. The molecule has 0 fully saturated rings. The monoisotopic (exact) mass is 276 g/mol. The largest absolute Gasteiger partial charge is 0.433 e. The van der Waals surface area contributed by atoms with Crippen LogP contribution in [0.15, 0.2) is 36.7 Å². The van der Waals surface area contributed by atoms with Crippen LogP contribution in [0.1, 0.15) is 11.3 Å². The van der Waals surface area contributed by atoms with E-state index in [0.29, 0.717) is 23.6 Å². The minimum atomic E-state index is -2.86. The quantitative estimate of drug-likeness (QED) is 0.908. The van der Waals surface area contributed by atoms with Gasteiger partial charge in [-0.15, -0.1) is 0 Å². The number of nitriles is 1. The zero-order valence-electron chi connectivity index (χ0n) is 10.3. The lowest BCUT2D eigenvalue weighted by molar-refractivity contribution is -0.0500. The van der Waals surface area contributed by atoms with E-state index in [4.69, 9.17) is 5.26 Å². The van der Waals surface area contributed by atoms with Crippen molar-refractivity contribution in [2.45, 2.75) is 13.2 Å². The standard InChI is InChI=1S/C13H10F2N4O/c14-13(15)20-11-3-2-10(17-8-11)7-19-12-4-1-9(5-16)6-18-12/h1-4,6,8,13H,7H2,(H,18,19). The van der Waals surface area contributed by atoms with Crippen LogP contribution in [-0.2, 0) is 6.54 Å². The average molecular weight is 276 g/mol. The summed E-state index contributed by atoms with van der Waals surface area (Å²) in [6, 6.07) is 8.28. The number of hydrogen-bond acceptors (Lipinski definition) is 5. The highest BCUT2D eigenvalue weighted by Gasteiger charge is 2.04. The summed E-state index contributed by atoms with van der Waals surface area (Å²) in [4.78, 5) is 8.02. The zero-order chi connectivity index (χ0) is 14.4. The fraction of sp³-hybridized carbons (Fsp3) is 0.154. The van der Waals surface area contributed by atoms with Gasteiger partial charge >= 0.3 is 6.61 Å². The molecule has 0 aliphatic rings. The molecular weight excluding hydrogens is 266 g/mol. The van der Waals surface area contributed by atoms with E-state index < -0.39 is 6.61 Å². The lowest BCUT2D eigenvalue weighted by atomic mass is 10.3. The van der Waals surface area contributed by atoms with Gasteiger partial charge in [-0.05, 0) is 24.3 Å². The molecule has 0 unspecified atom stereocenters. The van der Waals surface area contributed by atoms with Gasteiger partial charge in [0.1, 0.15) is 17.6 Å². The molecule has 0 radical (unpaired) electrons. The Morgan fingerprint density at radius 3 is 2.60 bits per heavy atom. The van der Waals surface area contributed by atoms with Crippen LogP contribution in [-0.4, -0.2) is 16.6 Å². The van der Waals surface area contributed by atoms with Crippen LogP contribution >= 0.6 is 0 Å². The number of anilines is 1. The normalized spacial score (nSPS) is 10.1. The number of aromatic nitrogens is 2. The summed E-state index contributed by atoms with van der Waals surface area (Å²) in [5.41, 5.74) is 1.12. The molecule has 0 atom stereocenters. The molecule has 0 saturated carbocycles. The summed E-state index contributed by atoms with van der Waals surface area (Å²) < 4.78 is 28.1. The second-order valence-electron chi connectivity index (χ2n) is 3.76. The van der Waals surface area contributed by atoms with E-state index in [9.17, 15) is 8.78 Å². The van der Waals surface area contributed by atoms with Gasteiger partial charge in [-0.2, -0.15) is 14.0 Å². The first-order chi connectivity index (χ1) is 9.67. The third-order valence-corrected chi connectivity index (χ3v) is 2.37. The summed E-state index contributed by atoms with van der Waals surface area (Å²) in [5, 5.41) is 11.6. The number of rotatable bonds is 5. The fourth-order valence-corrected chi connectivity index (χ4v) is 1.43. The molecule has 7 heteroatoms. The van der Waals surface area contributed by atoms with Crippen molar-refractivity contribution in [2.75, 3.05) is 5.32 Å². The Hall–Kier alpha value is -2.75. The van der Waals surface area contributed by atoms with E-state index >= 15 is 0 Å². The van der Waals surface area contributed by atoms with Crippen LogP contribution in [0.5, 0.6) is 5.75 Å². The second kappa shape index (κ2) is 6.43. The molecule has 0 saturated heterocycles. The molecule has 2 aromatic heterocycles. The zero-order valence-corrected chi connectivity index (χ0v) is 10.3. The predicted octanol–water partition coefficient (Wildman–Crippen LogP) is 2.56. The van der Waals surface area contributed by atoms with Gasteiger partial charge in [0.15, 0.2) is 0 Å². The molecule has 0 aromatic carbocycles. The maximum atomic E-state index is 12.0. The summed E-state index contributed by atoms with van der Waals surface area (Å²) in [7, 11) is 0. The maximum Gasteiger partial charge on any atom is 0.387 e. The average Bonchev–Trinajstić information content (AvgIpc) is 2.46. The summed E-state index contributed by atoms with van der Waals surface area (Å²) in [5.74, 6) is 0.610. The van der Waals surface area contributed by atoms with E-state index in [2.05, 4.69) is 20.0 Å². The highest BCUT2D eigenvalue weighted by atomic mass is 19.3. The number of pyridine rings is 2. The molecule has 1 N–H and O–H groups in total. The van der Waals surface area contributed by atoms with Crippen LogP contribution in [0, 0.1) is 11.3 Å². The Kier molecular flexibility index (Phi) is 4.39.